The highest BCUT2D eigenvalue weighted by Gasteiger charge is 2.34. The first-order chi connectivity index (χ1) is 13.2. The number of alkyl halides is 3. The van der Waals surface area contributed by atoms with E-state index >= 15 is 0 Å². The van der Waals surface area contributed by atoms with E-state index in [1.807, 2.05) is 0 Å². The number of amides is 1. The van der Waals surface area contributed by atoms with E-state index < -0.39 is 23.3 Å². The third kappa shape index (κ3) is 4.98. The Morgan fingerprint density at radius 3 is 2.54 bits per heavy atom. The molecule has 3 aromatic rings. The molecule has 0 saturated heterocycles. The molecule has 0 bridgehead atoms. The fourth-order valence-electron chi connectivity index (χ4n) is 2.24. The van der Waals surface area contributed by atoms with Crippen molar-refractivity contribution in [2.24, 2.45) is 0 Å². The molecule has 3 rings (SSSR count). The van der Waals surface area contributed by atoms with E-state index in [-0.39, 0.29) is 15.9 Å². The van der Waals surface area contributed by atoms with E-state index in [4.69, 9.17) is 23.2 Å². The molecule has 0 atom stereocenters. The van der Waals surface area contributed by atoms with Crippen molar-refractivity contribution in [2.75, 3.05) is 11.1 Å². The number of thioether (sulfide) groups is 1. The number of nitrogens with zero attached hydrogens (tertiary/aromatic N) is 2. The van der Waals surface area contributed by atoms with Crippen LogP contribution in [-0.2, 0) is 11.0 Å². The minimum Gasteiger partial charge on any atom is -0.324 e. The number of carbonyl (C=O) groups excluding carboxylic acids is 1. The lowest BCUT2D eigenvalue weighted by atomic mass is 10.1. The average molecular weight is 447 g/mol. The van der Waals surface area contributed by atoms with Crippen molar-refractivity contribution < 1.29 is 18.0 Å². The van der Waals surface area contributed by atoms with Gasteiger partial charge in [-0.1, -0.05) is 41.0 Å². The van der Waals surface area contributed by atoms with Gasteiger partial charge in [0.15, 0.2) is 5.82 Å². The number of nitrogens with one attached hydrogen (secondary N) is 2. The third-order valence-electron chi connectivity index (χ3n) is 3.50. The maximum absolute atomic E-state index is 13.1. The van der Waals surface area contributed by atoms with Crippen molar-refractivity contribution in [3.05, 3.63) is 58.1 Å². The van der Waals surface area contributed by atoms with Crippen LogP contribution in [-0.4, -0.2) is 26.8 Å². The summed E-state index contributed by atoms with van der Waals surface area (Å²) in [6.45, 7) is 0. The normalized spacial score (nSPS) is 11.5. The Bertz CT molecular complexity index is 993. The average Bonchev–Trinajstić information content (AvgIpc) is 3.10. The first-order valence-corrected chi connectivity index (χ1v) is 9.45. The maximum atomic E-state index is 13.1. The summed E-state index contributed by atoms with van der Waals surface area (Å²) in [4.78, 5) is 16.3. The molecule has 5 nitrogen and oxygen atoms in total. The zero-order chi connectivity index (χ0) is 20.3. The van der Waals surface area contributed by atoms with Crippen LogP contribution in [0.25, 0.3) is 11.4 Å². The SMILES string of the molecule is O=C(CSc1n[nH]c(-c2ccc(Cl)cc2)n1)Nc1c(Cl)cccc1C(F)(F)F. The molecule has 1 amide bonds. The van der Waals surface area contributed by atoms with Crippen LogP contribution in [0.2, 0.25) is 10.0 Å². The molecule has 2 aromatic carbocycles. The fourth-order valence-corrected chi connectivity index (χ4v) is 3.19. The predicted molar refractivity (Wildman–Crippen MR) is 103 cm³/mol. The largest absolute Gasteiger partial charge is 0.418 e. The molecular formula is C17H11Cl2F3N4OS. The number of halogens is 5. The van der Waals surface area contributed by atoms with Gasteiger partial charge in [-0.25, -0.2) is 4.98 Å². The summed E-state index contributed by atoms with van der Waals surface area (Å²) < 4.78 is 39.2. The molecule has 0 spiro atoms. The number of rotatable bonds is 5. The van der Waals surface area contributed by atoms with Crippen molar-refractivity contribution in [1.82, 2.24) is 15.2 Å². The van der Waals surface area contributed by atoms with Gasteiger partial charge in [0, 0.05) is 10.6 Å². The van der Waals surface area contributed by atoms with Gasteiger partial charge in [0.25, 0.3) is 0 Å². The van der Waals surface area contributed by atoms with Crippen LogP contribution in [0.1, 0.15) is 5.56 Å². The summed E-state index contributed by atoms with van der Waals surface area (Å²) in [5.74, 6) is -0.382. The van der Waals surface area contributed by atoms with Gasteiger partial charge in [-0.05, 0) is 36.4 Å². The van der Waals surface area contributed by atoms with Crippen molar-refractivity contribution in [3.8, 4) is 11.4 Å². The first kappa shape index (κ1) is 20.5. The van der Waals surface area contributed by atoms with Crippen molar-refractivity contribution in [2.45, 2.75) is 11.3 Å². The highest BCUT2D eigenvalue weighted by atomic mass is 35.5. The molecule has 2 N–H and O–H groups in total. The third-order valence-corrected chi connectivity index (χ3v) is 4.91. The molecule has 0 aliphatic heterocycles. The molecule has 0 radical (unpaired) electrons. The van der Waals surface area contributed by atoms with Crippen LogP contribution in [0.15, 0.2) is 47.6 Å². The second kappa shape index (κ2) is 8.42. The summed E-state index contributed by atoms with van der Waals surface area (Å²) in [5.41, 5.74) is -0.737. The van der Waals surface area contributed by atoms with Gasteiger partial charge >= 0.3 is 6.18 Å². The van der Waals surface area contributed by atoms with E-state index in [2.05, 4.69) is 20.5 Å². The summed E-state index contributed by atoms with van der Waals surface area (Å²) in [6.07, 6.45) is -4.64. The van der Waals surface area contributed by atoms with Crippen LogP contribution in [0.3, 0.4) is 0 Å². The maximum Gasteiger partial charge on any atom is 0.418 e. The van der Waals surface area contributed by atoms with Gasteiger partial charge in [-0.2, -0.15) is 13.2 Å². The number of para-hydroxylation sites is 1. The Balaban J connectivity index is 1.65. The summed E-state index contributed by atoms with van der Waals surface area (Å²) >= 11 is 12.6. The van der Waals surface area contributed by atoms with E-state index in [1.54, 1.807) is 24.3 Å². The molecule has 1 heterocycles. The van der Waals surface area contributed by atoms with Gasteiger partial charge in [0.2, 0.25) is 11.1 Å². The second-order valence-electron chi connectivity index (χ2n) is 5.47. The molecule has 11 heteroatoms. The Morgan fingerprint density at radius 1 is 1.14 bits per heavy atom. The molecular weight excluding hydrogens is 436 g/mol. The molecule has 1 aromatic heterocycles. The Labute approximate surface area is 171 Å². The van der Waals surface area contributed by atoms with Crippen LogP contribution < -0.4 is 5.32 Å². The van der Waals surface area contributed by atoms with Gasteiger partial charge in [-0.3, -0.25) is 9.89 Å². The van der Waals surface area contributed by atoms with E-state index in [1.165, 1.54) is 12.1 Å². The van der Waals surface area contributed by atoms with Crippen LogP contribution >= 0.6 is 35.0 Å². The number of hydrogen-bond acceptors (Lipinski definition) is 4. The molecule has 0 aliphatic rings. The minimum atomic E-state index is -4.64. The summed E-state index contributed by atoms with van der Waals surface area (Å²) in [7, 11) is 0. The lowest BCUT2D eigenvalue weighted by Gasteiger charge is -2.14. The zero-order valence-electron chi connectivity index (χ0n) is 13.8. The zero-order valence-corrected chi connectivity index (χ0v) is 16.2. The van der Waals surface area contributed by atoms with Crippen molar-refractivity contribution >= 4 is 46.6 Å². The van der Waals surface area contributed by atoms with Gasteiger partial charge in [0.1, 0.15) is 0 Å². The molecule has 146 valence electrons. The highest BCUT2D eigenvalue weighted by Crippen LogP contribution is 2.38. The number of aromatic nitrogens is 3. The van der Waals surface area contributed by atoms with E-state index in [9.17, 15) is 18.0 Å². The molecule has 0 aliphatic carbocycles. The number of aromatic amines is 1. The number of anilines is 1. The van der Waals surface area contributed by atoms with Crippen LogP contribution in [0.4, 0.5) is 18.9 Å². The summed E-state index contributed by atoms with van der Waals surface area (Å²) in [5, 5.41) is 9.56. The number of hydrogen-bond donors (Lipinski definition) is 2. The lowest BCUT2D eigenvalue weighted by Crippen LogP contribution is -2.18. The van der Waals surface area contributed by atoms with Gasteiger partial charge < -0.3 is 5.32 Å². The molecule has 0 fully saturated rings. The molecule has 28 heavy (non-hydrogen) atoms. The standard InChI is InChI=1S/C17H11Cl2F3N4OS/c18-10-6-4-9(5-7-10)15-24-16(26-25-15)28-8-13(27)23-14-11(17(20,21)22)2-1-3-12(14)19/h1-7H,8H2,(H,23,27)(H,24,25,26). The van der Waals surface area contributed by atoms with E-state index in [0.717, 1.165) is 23.4 Å². The molecule has 0 unspecified atom stereocenters. The minimum absolute atomic E-state index is 0.194. The predicted octanol–water partition coefficient (Wildman–Crippen LogP) is 5.53. The quantitative estimate of drug-likeness (QED) is 0.505. The first-order valence-electron chi connectivity index (χ1n) is 7.71. The van der Waals surface area contributed by atoms with Crippen LogP contribution in [0.5, 0.6) is 0 Å². The highest BCUT2D eigenvalue weighted by molar-refractivity contribution is 7.99. The van der Waals surface area contributed by atoms with E-state index in [0.29, 0.717) is 10.8 Å². The topological polar surface area (TPSA) is 70.7 Å². The smallest absolute Gasteiger partial charge is 0.324 e. The number of benzene rings is 2. The fraction of sp³-hybridized carbons (Fsp3) is 0.118. The Kier molecular flexibility index (Phi) is 6.17. The lowest BCUT2D eigenvalue weighted by molar-refractivity contribution is -0.137. The Hall–Kier alpha value is -2.23. The molecule has 0 saturated carbocycles. The Morgan fingerprint density at radius 2 is 1.86 bits per heavy atom. The van der Waals surface area contributed by atoms with Crippen molar-refractivity contribution in [3.63, 3.8) is 0 Å². The van der Waals surface area contributed by atoms with Gasteiger partial charge in [-0.15, -0.1) is 5.10 Å². The van der Waals surface area contributed by atoms with Crippen LogP contribution in [0, 0.1) is 0 Å². The number of H-pyrrole nitrogens is 1. The monoisotopic (exact) mass is 446 g/mol. The van der Waals surface area contributed by atoms with Crippen molar-refractivity contribution in [1.29, 1.82) is 0 Å². The van der Waals surface area contributed by atoms with Gasteiger partial charge in [0.05, 0.1) is 22.0 Å². The summed E-state index contributed by atoms with van der Waals surface area (Å²) in [6, 6.07) is 10.2. The number of carbonyl (C=O) groups is 1. The second-order valence-corrected chi connectivity index (χ2v) is 7.26.